The van der Waals surface area contributed by atoms with Crippen LogP contribution in [0.2, 0.25) is 0 Å². The summed E-state index contributed by atoms with van der Waals surface area (Å²) in [5.41, 5.74) is 2.10. The topological polar surface area (TPSA) is 75.2 Å². The number of benzene rings is 1. The molecule has 3 rings (SSSR count). The van der Waals surface area contributed by atoms with Crippen LogP contribution in [-0.2, 0) is 4.79 Å². The highest BCUT2D eigenvalue weighted by Crippen LogP contribution is 2.31. The second-order valence-electron chi connectivity index (χ2n) is 4.87. The molecule has 0 saturated heterocycles. The summed E-state index contributed by atoms with van der Waals surface area (Å²) in [7, 11) is 0. The summed E-state index contributed by atoms with van der Waals surface area (Å²) in [6.45, 7) is 6.05. The highest BCUT2D eigenvalue weighted by atomic mass is 32.1. The number of amides is 2. The van der Waals surface area contributed by atoms with Crippen molar-refractivity contribution in [2.45, 2.75) is 13.3 Å². The summed E-state index contributed by atoms with van der Waals surface area (Å²) in [6, 6.07) is 7.32. The summed E-state index contributed by atoms with van der Waals surface area (Å²) in [6.07, 6.45) is 0.178. The Morgan fingerprint density at radius 3 is 2.68 bits per heavy atom. The van der Waals surface area contributed by atoms with Gasteiger partial charge in [-0.15, -0.1) is 10.2 Å². The molecule has 2 amide bonds. The van der Waals surface area contributed by atoms with Crippen LogP contribution in [0.4, 0.5) is 5.13 Å². The van der Waals surface area contributed by atoms with Gasteiger partial charge in [0.25, 0.3) is 5.91 Å². The Morgan fingerprint density at radius 1 is 1.32 bits per heavy atom. The van der Waals surface area contributed by atoms with E-state index < -0.39 is 0 Å². The van der Waals surface area contributed by atoms with Gasteiger partial charge in [-0.1, -0.05) is 36.1 Å². The van der Waals surface area contributed by atoms with Crippen LogP contribution < -0.4 is 5.32 Å². The van der Waals surface area contributed by atoms with Crippen molar-refractivity contribution in [3.8, 4) is 0 Å². The quantitative estimate of drug-likeness (QED) is 0.939. The predicted octanol–water partition coefficient (Wildman–Crippen LogP) is 2.30. The highest BCUT2D eigenvalue weighted by molar-refractivity contribution is 7.15. The zero-order valence-corrected chi connectivity index (χ0v) is 12.8. The third-order valence-corrected chi connectivity index (χ3v) is 4.13. The highest BCUT2D eigenvalue weighted by Gasteiger charge is 2.30. The molecule has 22 heavy (non-hydrogen) atoms. The number of anilines is 1. The largest absolute Gasteiger partial charge is 0.308 e. The number of nitrogens with one attached hydrogen (secondary N) is 1. The van der Waals surface area contributed by atoms with E-state index in [0.29, 0.717) is 16.4 Å². The van der Waals surface area contributed by atoms with Crippen molar-refractivity contribution in [2.24, 2.45) is 0 Å². The number of hydrogen-bond acceptors (Lipinski definition) is 5. The van der Waals surface area contributed by atoms with E-state index in [1.807, 2.05) is 25.1 Å². The first-order valence-corrected chi connectivity index (χ1v) is 7.58. The summed E-state index contributed by atoms with van der Waals surface area (Å²) in [5.74, 6) is -0.312. The Hall–Kier alpha value is -2.54. The lowest BCUT2D eigenvalue weighted by Crippen LogP contribution is -2.27. The summed E-state index contributed by atoms with van der Waals surface area (Å²) in [4.78, 5) is 25.8. The summed E-state index contributed by atoms with van der Waals surface area (Å²) in [5, 5.41) is 11.6. The van der Waals surface area contributed by atoms with Gasteiger partial charge in [-0.05, 0) is 13.0 Å². The van der Waals surface area contributed by atoms with Crippen molar-refractivity contribution in [2.75, 3.05) is 11.9 Å². The number of rotatable bonds is 4. The van der Waals surface area contributed by atoms with Gasteiger partial charge in [-0.2, -0.15) is 0 Å². The standard InChI is InChI=1S/C15H14N4O2S/c1-9-11-5-3-4-6-12(11)14(21)19(9)8-7-13(20)16-15-18-17-10(2)22-15/h3-6H,1,7-8H2,2H3,(H,16,18,20). The molecule has 0 fully saturated rings. The van der Waals surface area contributed by atoms with Gasteiger partial charge in [-0.3, -0.25) is 9.59 Å². The van der Waals surface area contributed by atoms with E-state index in [2.05, 4.69) is 22.1 Å². The number of carbonyl (C=O) groups is 2. The molecule has 2 aromatic rings. The molecule has 1 aromatic carbocycles. The maximum atomic E-state index is 12.3. The van der Waals surface area contributed by atoms with Gasteiger partial charge in [0.05, 0.1) is 0 Å². The number of hydrogen-bond donors (Lipinski definition) is 1. The molecule has 2 heterocycles. The molecule has 1 aliphatic heterocycles. The third kappa shape index (κ3) is 2.62. The molecule has 1 aromatic heterocycles. The fourth-order valence-electron chi connectivity index (χ4n) is 2.31. The van der Waals surface area contributed by atoms with E-state index in [-0.39, 0.29) is 24.8 Å². The number of carbonyl (C=O) groups excluding carboxylic acids is 2. The number of nitrogens with zero attached hydrogens (tertiary/aromatic N) is 3. The number of fused-ring (bicyclic) bond motifs is 1. The van der Waals surface area contributed by atoms with Crippen LogP contribution in [0.25, 0.3) is 5.70 Å². The summed E-state index contributed by atoms with van der Waals surface area (Å²) < 4.78 is 0. The molecule has 6 nitrogen and oxygen atoms in total. The maximum Gasteiger partial charge on any atom is 0.258 e. The molecular weight excluding hydrogens is 300 g/mol. The minimum atomic E-state index is -0.201. The minimum Gasteiger partial charge on any atom is -0.308 e. The van der Waals surface area contributed by atoms with E-state index in [1.165, 1.54) is 16.2 Å². The Bertz CT molecular complexity index is 733. The van der Waals surface area contributed by atoms with Crippen LogP contribution in [0.15, 0.2) is 30.8 Å². The molecule has 1 N–H and O–H groups in total. The third-order valence-electron chi connectivity index (χ3n) is 3.37. The zero-order chi connectivity index (χ0) is 15.7. The minimum absolute atomic E-state index is 0.111. The molecule has 0 radical (unpaired) electrons. The Labute approximate surface area is 131 Å². The van der Waals surface area contributed by atoms with Gasteiger partial charge in [0, 0.05) is 29.8 Å². The molecule has 0 bridgehead atoms. The van der Waals surface area contributed by atoms with Gasteiger partial charge < -0.3 is 10.2 Å². The lowest BCUT2D eigenvalue weighted by molar-refractivity contribution is -0.116. The average molecular weight is 314 g/mol. The Morgan fingerprint density at radius 2 is 2.05 bits per heavy atom. The van der Waals surface area contributed by atoms with Crippen LogP contribution in [-0.4, -0.2) is 33.5 Å². The molecule has 0 saturated carbocycles. The predicted molar refractivity (Wildman–Crippen MR) is 84.4 cm³/mol. The summed E-state index contributed by atoms with van der Waals surface area (Å²) >= 11 is 1.31. The molecule has 0 atom stereocenters. The van der Waals surface area contributed by atoms with Crippen LogP contribution >= 0.6 is 11.3 Å². The maximum absolute atomic E-state index is 12.3. The number of aromatic nitrogens is 2. The average Bonchev–Trinajstić information content (AvgIpc) is 3.01. The molecule has 0 unspecified atom stereocenters. The smallest absolute Gasteiger partial charge is 0.258 e. The van der Waals surface area contributed by atoms with Gasteiger partial charge >= 0.3 is 0 Å². The van der Waals surface area contributed by atoms with E-state index in [0.717, 1.165) is 10.6 Å². The van der Waals surface area contributed by atoms with Crippen molar-refractivity contribution >= 4 is 34.0 Å². The fraction of sp³-hybridized carbons (Fsp3) is 0.200. The zero-order valence-electron chi connectivity index (χ0n) is 12.0. The van der Waals surface area contributed by atoms with Crippen molar-refractivity contribution in [1.82, 2.24) is 15.1 Å². The SMILES string of the molecule is C=C1c2ccccc2C(=O)N1CCC(=O)Nc1nnc(C)s1. The van der Waals surface area contributed by atoms with Crippen LogP contribution in [0.3, 0.4) is 0 Å². The first-order valence-electron chi connectivity index (χ1n) is 6.76. The molecule has 0 spiro atoms. The second kappa shape index (κ2) is 5.69. The van der Waals surface area contributed by atoms with Crippen LogP contribution in [0.5, 0.6) is 0 Å². The fourth-order valence-corrected chi connectivity index (χ4v) is 2.92. The van der Waals surface area contributed by atoms with E-state index in [1.54, 1.807) is 6.07 Å². The van der Waals surface area contributed by atoms with E-state index >= 15 is 0 Å². The number of aryl methyl sites for hydroxylation is 1. The normalized spacial score (nSPS) is 13.4. The van der Waals surface area contributed by atoms with Gasteiger partial charge in [-0.25, -0.2) is 0 Å². The molecular formula is C15H14N4O2S. The molecule has 0 aliphatic carbocycles. The van der Waals surface area contributed by atoms with E-state index in [9.17, 15) is 9.59 Å². The van der Waals surface area contributed by atoms with Gasteiger partial charge in [0.2, 0.25) is 11.0 Å². The first kappa shape index (κ1) is 14.4. The first-order chi connectivity index (χ1) is 10.6. The second-order valence-corrected chi connectivity index (χ2v) is 6.06. The molecule has 1 aliphatic rings. The van der Waals surface area contributed by atoms with Crippen molar-refractivity contribution < 1.29 is 9.59 Å². The monoisotopic (exact) mass is 314 g/mol. The van der Waals surface area contributed by atoms with Crippen LogP contribution in [0.1, 0.15) is 27.3 Å². The van der Waals surface area contributed by atoms with Crippen molar-refractivity contribution in [1.29, 1.82) is 0 Å². The van der Waals surface area contributed by atoms with E-state index in [4.69, 9.17) is 0 Å². The van der Waals surface area contributed by atoms with Crippen molar-refractivity contribution in [3.05, 3.63) is 47.0 Å². The lowest BCUT2D eigenvalue weighted by atomic mass is 10.1. The Kier molecular flexibility index (Phi) is 3.72. The van der Waals surface area contributed by atoms with Gasteiger partial charge in [0.1, 0.15) is 5.01 Å². The van der Waals surface area contributed by atoms with Crippen LogP contribution in [0, 0.1) is 6.92 Å². The molecule has 112 valence electrons. The van der Waals surface area contributed by atoms with Crippen molar-refractivity contribution in [3.63, 3.8) is 0 Å². The lowest BCUT2D eigenvalue weighted by Gasteiger charge is -2.16. The van der Waals surface area contributed by atoms with Gasteiger partial charge in [0.15, 0.2) is 0 Å². The molecule has 7 heteroatoms. The Balaban J connectivity index is 1.62.